The molecule has 2 aliphatic rings. The molecule has 0 aromatic carbocycles. The van der Waals surface area contributed by atoms with Crippen molar-refractivity contribution in [2.45, 2.75) is 25.9 Å². The Bertz CT molecular complexity index is 531. The van der Waals surface area contributed by atoms with Crippen LogP contribution in [0.25, 0.3) is 0 Å². The summed E-state index contributed by atoms with van der Waals surface area (Å²) >= 11 is 0. The van der Waals surface area contributed by atoms with Crippen LogP contribution in [0.1, 0.15) is 25.9 Å². The van der Waals surface area contributed by atoms with Crippen molar-refractivity contribution in [1.29, 1.82) is 0 Å². The van der Waals surface area contributed by atoms with Crippen molar-refractivity contribution in [2.24, 2.45) is 0 Å². The number of hydrogen-bond acceptors (Lipinski definition) is 3. The number of amides is 1. The largest absolute Gasteiger partial charge is 0.328 e. The maximum absolute atomic E-state index is 11.6. The second-order valence-electron chi connectivity index (χ2n) is 4.91. The van der Waals surface area contributed by atoms with Gasteiger partial charge in [0.1, 0.15) is 6.17 Å². The molecule has 0 aliphatic carbocycles. The van der Waals surface area contributed by atoms with Crippen LogP contribution in [0.3, 0.4) is 0 Å². The highest BCUT2D eigenvalue weighted by molar-refractivity contribution is 5.73. The van der Waals surface area contributed by atoms with Gasteiger partial charge in [-0.25, -0.2) is 4.68 Å². The quantitative estimate of drug-likeness (QED) is 0.813. The van der Waals surface area contributed by atoms with Crippen molar-refractivity contribution in [1.82, 2.24) is 14.7 Å². The van der Waals surface area contributed by atoms with Gasteiger partial charge in [-0.05, 0) is 18.9 Å². The zero-order chi connectivity index (χ0) is 13.2. The molecule has 1 unspecified atom stereocenters. The molecule has 2 aliphatic heterocycles. The lowest BCUT2D eigenvalue weighted by atomic mass is 10.3. The molecule has 5 nitrogen and oxygen atoms in total. The summed E-state index contributed by atoms with van der Waals surface area (Å²) < 4.78 is 1.91. The Morgan fingerprint density at radius 3 is 3.05 bits per heavy atom. The van der Waals surface area contributed by atoms with Crippen LogP contribution in [0, 0.1) is 0 Å². The standard InChI is InChI=1S/C14H18N4O/c1-12(19)17-10-5-6-14(17)18-11-7-13(15-18)16-8-3-2-4-9-16/h2-4,7-8,11,14H,5-6,9-10H2,1H3. The number of nitrogens with zero attached hydrogens (tertiary/aromatic N) is 4. The lowest BCUT2D eigenvalue weighted by Crippen LogP contribution is -2.32. The van der Waals surface area contributed by atoms with E-state index in [1.807, 2.05) is 40.2 Å². The summed E-state index contributed by atoms with van der Waals surface area (Å²) in [6.45, 7) is 3.30. The molecule has 1 aromatic rings. The molecule has 3 rings (SSSR count). The lowest BCUT2D eigenvalue weighted by Gasteiger charge is -2.24. The van der Waals surface area contributed by atoms with Gasteiger partial charge < -0.3 is 9.80 Å². The molecule has 1 fully saturated rings. The second-order valence-corrected chi connectivity index (χ2v) is 4.91. The smallest absolute Gasteiger partial charge is 0.221 e. The zero-order valence-corrected chi connectivity index (χ0v) is 11.1. The van der Waals surface area contributed by atoms with E-state index in [-0.39, 0.29) is 12.1 Å². The highest BCUT2D eigenvalue weighted by Crippen LogP contribution is 2.27. The minimum Gasteiger partial charge on any atom is -0.328 e. The van der Waals surface area contributed by atoms with Crippen LogP contribution in [0.4, 0.5) is 5.82 Å². The van der Waals surface area contributed by atoms with Crippen LogP contribution in [-0.4, -0.2) is 33.7 Å². The average molecular weight is 258 g/mol. The van der Waals surface area contributed by atoms with Crippen LogP contribution in [0.15, 0.2) is 36.7 Å². The van der Waals surface area contributed by atoms with E-state index in [0.717, 1.165) is 31.7 Å². The number of carbonyl (C=O) groups is 1. The van der Waals surface area contributed by atoms with Crippen molar-refractivity contribution >= 4 is 11.7 Å². The van der Waals surface area contributed by atoms with E-state index in [2.05, 4.69) is 16.1 Å². The van der Waals surface area contributed by atoms with E-state index in [0.29, 0.717) is 0 Å². The van der Waals surface area contributed by atoms with Gasteiger partial charge in [0.15, 0.2) is 5.82 Å². The topological polar surface area (TPSA) is 41.4 Å². The van der Waals surface area contributed by atoms with Crippen LogP contribution in [0.5, 0.6) is 0 Å². The fourth-order valence-corrected chi connectivity index (χ4v) is 2.68. The Balaban J connectivity index is 1.79. The third kappa shape index (κ3) is 2.28. The van der Waals surface area contributed by atoms with Crippen molar-refractivity contribution in [3.63, 3.8) is 0 Å². The molecule has 0 radical (unpaired) electrons. The van der Waals surface area contributed by atoms with E-state index in [4.69, 9.17) is 0 Å². The predicted octanol–water partition coefficient (Wildman–Crippen LogP) is 1.91. The fraction of sp³-hybridized carbons (Fsp3) is 0.429. The van der Waals surface area contributed by atoms with E-state index in [9.17, 15) is 4.79 Å². The van der Waals surface area contributed by atoms with Gasteiger partial charge in [-0.2, -0.15) is 5.10 Å². The first-order valence-electron chi connectivity index (χ1n) is 6.68. The number of anilines is 1. The summed E-state index contributed by atoms with van der Waals surface area (Å²) in [5.41, 5.74) is 0. The highest BCUT2D eigenvalue weighted by atomic mass is 16.2. The Morgan fingerprint density at radius 2 is 2.32 bits per heavy atom. The monoisotopic (exact) mass is 258 g/mol. The number of likely N-dealkylation sites (tertiary alicyclic amines) is 1. The molecule has 0 saturated carbocycles. The van der Waals surface area contributed by atoms with Crippen LogP contribution < -0.4 is 4.90 Å². The maximum atomic E-state index is 11.6. The van der Waals surface area contributed by atoms with Crippen molar-refractivity contribution in [3.8, 4) is 0 Å². The number of allylic oxidation sites excluding steroid dienone is 2. The molecule has 3 heterocycles. The molecule has 100 valence electrons. The molecule has 1 amide bonds. The lowest BCUT2D eigenvalue weighted by molar-refractivity contribution is -0.131. The molecule has 5 heteroatoms. The van der Waals surface area contributed by atoms with Crippen molar-refractivity contribution < 1.29 is 4.79 Å². The fourth-order valence-electron chi connectivity index (χ4n) is 2.68. The summed E-state index contributed by atoms with van der Waals surface area (Å²) in [5.74, 6) is 1.05. The van der Waals surface area contributed by atoms with Crippen molar-refractivity contribution in [3.05, 3.63) is 36.7 Å². The third-order valence-electron chi connectivity index (χ3n) is 3.63. The van der Waals surface area contributed by atoms with Gasteiger partial charge in [0.2, 0.25) is 5.91 Å². The Morgan fingerprint density at radius 1 is 1.42 bits per heavy atom. The average Bonchev–Trinajstić information content (AvgIpc) is 3.08. The normalized spacial score (nSPS) is 22.3. The van der Waals surface area contributed by atoms with Gasteiger partial charge in [0.25, 0.3) is 0 Å². The number of rotatable bonds is 2. The van der Waals surface area contributed by atoms with Gasteiger partial charge in [0, 0.05) is 38.5 Å². The van der Waals surface area contributed by atoms with Gasteiger partial charge in [-0.3, -0.25) is 4.79 Å². The summed E-state index contributed by atoms with van der Waals surface area (Å²) in [6, 6.07) is 2.00. The Hall–Kier alpha value is -2.04. The SMILES string of the molecule is CC(=O)N1CCCC1n1ccc(N2C=CC=CC2)n1. The second kappa shape index (κ2) is 4.91. The molecule has 19 heavy (non-hydrogen) atoms. The first kappa shape index (κ1) is 12.0. The van der Waals surface area contributed by atoms with E-state index in [1.54, 1.807) is 6.92 Å². The van der Waals surface area contributed by atoms with E-state index < -0.39 is 0 Å². The molecule has 1 saturated heterocycles. The minimum absolute atomic E-state index is 0.0792. The number of aromatic nitrogens is 2. The first-order chi connectivity index (χ1) is 9.25. The molecule has 1 atom stereocenters. The Labute approximate surface area is 112 Å². The van der Waals surface area contributed by atoms with Gasteiger partial charge in [0.05, 0.1) is 0 Å². The van der Waals surface area contributed by atoms with Crippen LogP contribution in [-0.2, 0) is 4.79 Å². The molecule has 0 N–H and O–H groups in total. The molecule has 0 bridgehead atoms. The minimum atomic E-state index is 0.0792. The van der Waals surface area contributed by atoms with Crippen LogP contribution >= 0.6 is 0 Å². The van der Waals surface area contributed by atoms with Crippen LogP contribution in [0.2, 0.25) is 0 Å². The van der Waals surface area contributed by atoms with E-state index >= 15 is 0 Å². The van der Waals surface area contributed by atoms with E-state index in [1.165, 1.54) is 0 Å². The molecule has 1 aromatic heterocycles. The Kier molecular flexibility index (Phi) is 3.11. The zero-order valence-electron chi connectivity index (χ0n) is 11.1. The van der Waals surface area contributed by atoms with Crippen molar-refractivity contribution in [2.75, 3.05) is 18.0 Å². The highest BCUT2D eigenvalue weighted by Gasteiger charge is 2.28. The molecular weight excluding hydrogens is 240 g/mol. The first-order valence-corrected chi connectivity index (χ1v) is 6.68. The summed E-state index contributed by atoms with van der Waals surface area (Å²) in [7, 11) is 0. The number of carbonyl (C=O) groups excluding carboxylic acids is 1. The molecule has 0 spiro atoms. The van der Waals surface area contributed by atoms with Gasteiger partial charge in [-0.15, -0.1) is 0 Å². The third-order valence-corrected chi connectivity index (χ3v) is 3.63. The summed E-state index contributed by atoms with van der Waals surface area (Å²) in [5, 5.41) is 4.61. The van der Waals surface area contributed by atoms with Gasteiger partial charge >= 0.3 is 0 Å². The summed E-state index contributed by atoms with van der Waals surface area (Å²) in [4.78, 5) is 15.6. The summed E-state index contributed by atoms with van der Waals surface area (Å²) in [6.07, 6.45) is 12.2. The maximum Gasteiger partial charge on any atom is 0.221 e. The molecular formula is C14H18N4O. The number of hydrogen-bond donors (Lipinski definition) is 0. The predicted molar refractivity (Wildman–Crippen MR) is 73.5 cm³/mol. The van der Waals surface area contributed by atoms with Gasteiger partial charge in [-0.1, -0.05) is 12.2 Å².